The molecule has 0 bridgehead atoms. The Bertz CT molecular complexity index is 1410. The van der Waals surface area contributed by atoms with Crippen LogP contribution >= 0.6 is 0 Å². The number of carbonyl (C=O) groups excluding carboxylic acids is 4. The van der Waals surface area contributed by atoms with Gasteiger partial charge < -0.3 is 14.4 Å². The lowest BCUT2D eigenvalue weighted by atomic mass is 9.86. The Morgan fingerprint density at radius 2 is 1.71 bits per heavy atom. The van der Waals surface area contributed by atoms with Crippen LogP contribution in [0.2, 0.25) is 0 Å². The van der Waals surface area contributed by atoms with Crippen molar-refractivity contribution in [1.29, 1.82) is 0 Å². The largest absolute Gasteiger partial charge is 0.495 e. The number of esters is 1. The first-order valence-electron chi connectivity index (χ1n) is 11.9. The molecule has 2 aromatic rings. The van der Waals surface area contributed by atoms with Gasteiger partial charge in [0.25, 0.3) is 5.69 Å². The standard InChI is InChI=1S/C27H23N3O8/c1-3-38-27(34)16-12-13-28-19(14-16)21-22(23(28)24(31)15-8-10-17(11-9-15)30(35)36)26(33)29(25(21)32)18-6-4-5-7-20(18)37-2/h4-14,19,21-23H,3H2,1-2H3/t19-,21-,22-,23+/m0/s1. The molecule has 38 heavy (non-hydrogen) atoms. The minimum atomic E-state index is -1.08. The molecule has 0 saturated carbocycles. The van der Waals surface area contributed by atoms with E-state index in [1.54, 1.807) is 42.2 Å². The molecule has 0 unspecified atom stereocenters. The van der Waals surface area contributed by atoms with E-state index in [4.69, 9.17) is 9.47 Å². The SMILES string of the molecule is CCOC(=O)C1=C[C@H]2[C@@H]3C(=O)N(c4ccccc4OC)C(=O)[C@@H]3[C@H](C(=O)c3ccc([N+](=O)[O-])cc3)N2C=C1. The molecule has 5 rings (SSSR count). The monoisotopic (exact) mass is 517 g/mol. The molecule has 4 atom stereocenters. The van der Waals surface area contributed by atoms with Crippen LogP contribution in [0, 0.1) is 22.0 Å². The lowest BCUT2D eigenvalue weighted by Crippen LogP contribution is -2.46. The number of Topliss-reactive ketones (excluding diaryl/α,β-unsaturated/α-hetero) is 1. The molecule has 194 valence electrons. The average molecular weight is 517 g/mol. The third-order valence-corrected chi connectivity index (χ3v) is 7.02. The topological polar surface area (TPSA) is 136 Å². The Labute approximate surface area is 217 Å². The van der Waals surface area contributed by atoms with Gasteiger partial charge in [0.1, 0.15) is 11.8 Å². The number of ether oxygens (including phenoxy) is 2. The summed E-state index contributed by atoms with van der Waals surface area (Å²) in [6.07, 6.45) is 4.56. The highest BCUT2D eigenvalue weighted by molar-refractivity contribution is 6.25. The molecule has 0 spiro atoms. The van der Waals surface area contributed by atoms with Crippen molar-refractivity contribution in [3.8, 4) is 5.75 Å². The van der Waals surface area contributed by atoms with Gasteiger partial charge in [-0.05, 0) is 43.3 Å². The summed E-state index contributed by atoms with van der Waals surface area (Å²) in [5, 5.41) is 11.1. The van der Waals surface area contributed by atoms with Gasteiger partial charge in [0.2, 0.25) is 11.8 Å². The maximum absolute atomic E-state index is 13.9. The number of para-hydroxylation sites is 2. The number of amides is 2. The molecule has 2 aromatic carbocycles. The van der Waals surface area contributed by atoms with Crippen molar-refractivity contribution in [2.24, 2.45) is 11.8 Å². The lowest BCUT2D eigenvalue weighted by Gasteiger charge is -2.32. The molecule has 0 radical (unpaired) electrons. The molecule has 0 aromatic heterocycles. The molecular weight excluding hydrogens is 494 g/mol. The average Bonchev–Trinajstić information content (AvgIpc) is 3.39. The van der Waals surface area contributed by atoms with Gasteiger partial charge in [-0.3, -0.25) is 24.5 Å². The first-order valence-corrected chi connectivity index (χ1v) is 11.9. The molecule has 2 fully saturated rings. The van der Waals surface area contributed by atoms with Gasteiger partial charge in [0, 0.05) is 23.9 Å². The summed E-state index contributed by atoms with van der Waals surface area (Å²) in [4.78, 5) is 67.1. The van der Waals surface area contributed by atoms with Crippen LogP contribution in [0.4, 0.5) is 11.4 Å². The fourth-order valence-electron chi connectivity index (χ4n) is 5.37. The highest BCUT2D eigenvalue weighted by Gasteiger charge is 2.64. The van der Waals surface area contributed by atoms with E-state index in [2.05, 4.69) is 0 Å². The van der Waals surface area contributed by atoms with Crippen LogP contribution in [0.5, 0.6) is 5.75 Å². The number of carbonyl (C=O) groups is 4. The smallest absolute Gasteiger partial charge is 0.337 e. The lowest BCUT2D eigenvalue weighted by molar-refractivity contribution is -0.384. The molecule has 3 heterocycles. The number of hydrogen-bond donors (Lipinski definition) is 0. The highest BCUT2D eigenvalue weighted by atomic mass is 16.6. The number of methoxy groups -OCH3 is 1. The summed E-state index contributed by atoms with van der Waals surface area (Å²) in [5.74, 6) is -3.86. The Kier molecular flexibility index (Phi) is 6.27. The van der Waals surface area contributed by atoms with Gasteiger partial charge in [-0.15, -0.1) is 0 Å². The van der Waals surface area contributed by atoms with Crippen LogP contribution in [-0.2, 0) is 19.1 Å². The van der Waals surface area contributed by atoms with Crippen molar-refractivity contribution in [3.63, 3.8) is 0 Å². The van der Waals surface area contributed by atoms with Crippen molar-refractivity contribution in [2.45, 2.75) is 19.0 Å². The maximum atomic E-state index is 13.9. The zero-order valence-corrected chi connectivity index (χ0v) is 20.5. The Morgan fingerprint density at radius 3 is 2.37 bits per heavy atom. The van der Waals surface area contributed by atoms with E-state index in [9.17, 15) is 29.3 Å². The second-order valence-corrected chi connectivity index (χ2v) is 8.94. The van der Waals surface area contributed by atoms with E-state index >= 15 is 0 Å². The van der Waals surface area contributed by atoms with Crippen LogP contribution < -0.4 is 9.64 Å². The number of nitro benzene ring substituents is 1. The summed E-state index contributed by atoms with van der Waals surface area (Å²) >= 11 is 0. The van der Waals surface area contributed by atoms with E-state index in [0.717, 1.165) is 4.90 Å². The first kappa shape index (κ1) is 24.9. The quantitative estimate of drug-likeness (QED) is 0.178. The summed E-state index contributed by atoms with van der Waals surface area (Å²) in [6, 6.07) is 9.81. The third-order valence-electron chi connectivity index (χ3n) is 7.02. The molecule has 11 nitrogen and oxygen atoms in total. The normalized spacial score (nSPS) is 23.6. The number of rotatable bonds is 7. The van der Waals surface area contributed by atoms with Gasteiger partial charge >= 0.3 is 5.97 Å². The molecule has 2 saturated heterocycles. The van der Waals surface area contributed by atoms with Crippen LogP contribution in [0.3, 0.4) is 0 Å². The van der Waals surface area contributed by atoms with Crippen LogP contribution in [0.15, 0.2) is 72.5 Å². The second-order valence-electron chi connectivity index (χ2n) is 8.94. The second kappa shape index (κ2) is 9.58. The van der Waals surface area contributed by atoms with E-state index in [-0.39, 0.29) is 29.1 Å². The minimum Gasteiger partial charge on any atom is -0.495 e. The van der Waals surface area contributed by atoms with E-state index in [0.29, 0.717) is 5.75 Å². The number of nitro groups is 1. The molecule has 3 aliphatic heterocycles. The summed E-state index contributed by atoms with van der Waals surface area (Å²) in [7, 11) is 1.42. The van der Waals surface area contributed by atoms with E-state index in [1.165, 1.54) is 43.7 Å². The van der Waals surface area contributed by atoms with Gasteiger partial charge in [0.05, 0.1) is 47.8 Å². The number of fused-ring (bicyclic) bond motifs is 3. The maximum Gasteiger partial charge on any atom is 0.337 e. The number of imide groups is 1. The third kappa shape index (κ3) is 3.83. The van der Waals surface area contributed by atoms with Gasteiger partial charge in [-0.25, -0.2) is 9.69 Å². The molecule has 2 amide bonds. The van der Waals surface area contributed by atoms with Gasteiger partial charge in [0.15, 0.2) is 5.78 Å². The van der Waals surface area contributed by atoms with Crippen molar-refractivity contribution in [1.82, 2.24) is 4.90 Å². The summed E-state index contributed by atoms with van der Waals surface area (Å²) < 4.78 is 10.5. The fourth-order valence-corrected chi connectivity index (χ4v) is 5.37. The summed E-state index contributed by atoms with van der Waals surface area (Å²) in [5.41, 5.74) is 0.447. The Balaban J connectivity index is 1.59. The summed E-state index contributed by atoms with van der Waals surface area (Å²) in [6.45, 7) is 1.83. The minimum absolute atomic E-state index is 0.157. The molecule has 11 heteroatoms. The number of hydrogen-bond acceptors (Lipinski definition) is 9. The molecule has 3 aliphatic rings. The van der Waals surface area contributed by atoms with E-state index in [1.807, 2.05) is 0 Å². The van der Waals surface area contributed by atoms with E-state index < -0.39 is 52.4 Å². The number of anilines is 1. The van der Waals surface area contributed by atoms with Crippen LogP contribution in [0.25, 0.3) is 0 Å². The molecule has 0 N–H and O–H groups in total. The van der Waals surface area contributed by atoms with Crippen LogP contribution in [-0.4, -0.2) is 59.2 Å². The zero-order valence-electron chi connectivity index (χ0n) is 20.5. The predicted octanol–water partition coefficient (Wildman–Crippen LogP) is 2.66. The van der Waals surface area contributed by atoms with Gasteiger partial charge in [-0.2, -0.15) is 0 Å². The van der Waals surface area contributed by atoms with Crippen molar-refractivity contribution in [3.05, 3.63) is 88.1 Å². The fraction of sp³-hybridized carbons (Fsp3) is 0.259. The number of benzene rings is 2. The van der Waals surface area contributed by atoms with Crippen molar-refractivity contribution in [2.75, 3.05) is 18.6 Å². The zero-order chi connectivity index (χ0) is 27.1. The Morgan fingerprint density at radius 1 is 1.03 bits per heavy atom. The number of non-ortho nitro benzene ring substituents is 1. The highest BCUT2D eigenvalue weighted by Crippen LogP contribution is 2.48. The van der Waals surface area contributed by atoms with Crippen LogP contribution in [0.1, 0.15) is 17.3 Å². The number of nitrogens with zero attached hydrogens (tertiary/aromatic N) is 3. The van der Waals surface area contributed by atoms with Crippen molar-refractivity contribution >= 4 is 34.9 Å². The predicted molar refractivity (Wildman–Crippen MR) is 133 cm³/mol. The molecule has 0 aliphatic carbocycles. The van der Waals surface area contributed by atoms with Crippen molar-refractivity contribution < 1.29 is 33.6 Å². The molecular formula is C27H23N3O8. The Hall–Kier alpha value is -4.80. The number of ketones is 1. The van der Waals surface area contributed by atoms with Gasteiger partial charge in [-0.1, -0.05) is 12.1 Å². The first-order chi connectivity index (χ1) is 18.3.